The van der Waals surface area contributed by atoms with Gasteiger partial charge in [-0.3, -0.25) is 0 Å². The van der Waals surface area contributed by atoms with E-state index in [1.807, 2.05) is 44.2 Å². The fourth-order valence-electron chi connectivity index (χ4n) is 2.58. The Hall–Kier alpha value is -0.950. The maximum Gasteiger partial charge on any atom is 0.163 e. The van der Waals surface area contributed by atoms with Gasteiger partial charge in [0.25, 0.3) is 0 Å². The van der Waals surface area contributed by atoms with Crippen molar-refractivity contribution in [2.45, 2.75) is 50.7 Å². The van der Waals surface area contributed by atoms with Crippen molar-refractivity contribution in [1.82, 2.24) is 0 Å². The molecule has 2 saturated heterocycles. The van der Waals surface area contributed by atoms with E-state index in [-0.39, 0.29) is 6.10 Å². The lowest BCUT2D eigenvalue weighted by atomic mass is 10.1. The van der Waals surface area contributed by atoms with Crippen LogP contribution in [-0.4, -0.2) is 48.5 Å². The maximum atomic E-state index is 10.7. The highest BCUT2D eigenvalue weighted by atomic mass is 35.5. The van der Waals surface area contributed by atoms with Crippen molar-refractivity contribution in [1.29, 1.82) is 0 Å². The van der Waals surface area contributed by atoms with Crippen molar-refractivity contribution in [3.8, 4) is 0 Å². The van der Waals surface area contributed by atoms with Gasteiger partial charge in [-0.2, -0.15) is 0 Å². The Bertz CT molecular complexity index is 570. The molecule has 0 spiro atoms. The average molecular weight is 355 g/mol. The number of ether oxygens (including phenoxy) is 4. The second kappa shape index (κ2) is 7.52. The second-order valence-corrected chi connectivity index (χ2v) is 6.93. The minimum atomic E-state index is -0.886. The van der Waals surface area contributed by atoms with Gasteiger partial charge in [-0.05, 0) is 25.5 Å². The number of hydrogen-bond acceptors (Lipinski definition) is 5. The predicted molar refractivity (Wildman–Crippen MR) is 89.6 cm³/mol. The molecule has 1 aromatic rings. The molecule has 1 aromatic carbocycles. The molecule has 2 aliphatic rings. The standard InChI is InChI=1S/C18H23ClO5/c1-18(2)23-11-16(24-18)17(20)14(8-13(19)15-10-22-15)21-9-12-6-4-3-5-7-12/h3-8,14-17,20H,9-11H2,1-2H3/b13-8+/t14-,15?,16-,17+/m1/s1. The highest BCUT2D eigenvalue weighted by Crippen LogP contribution is 2.29. The van der Waals surface area contributed by atoms with E-state index in [1.165, 1.54) is 0 Å². The number of benzene rings is 1. The van der Waals surface area contributed by atoms with Crippen LogP contribution in [-0.2, 0) is 25.6 Å². The van der Waals surface area contributed by atoms with Crippen molar-refractivity contribution in [3.05, 3.63) is 47.0 Å². The van der Waals surface area contributed by atoms with E-state index in [2.05, 4.69) is 0 Å². The SMILES string of the molecule is CC1(C)OC[C@H]([C@@H](O)[C@@H](/C=C(/Cl)C2CO2)OCc2ccccc2)O1. The van der Waals surface area contributed by atoms with Gasteiger partial charge in [0.05, 0.1) is 19.8 Å². The fourth-order valence-corrected chi connectivity index (χ4v) is 2.83. The second-order valence-electron chi connectivity index (χ2n) is 6.49. The van der Waals surface area contributed by atoms with E-state index < -0.39 is 24.1 Å². The van der Waals surface area contributed by atoms with Crippen LogP contribution in [0.4, 0.5) is 0 Å². The molecule has 3 rings (SSSR count). The van der Waals surface area contributed by atoms with Gasteiger partial charge >= 0.3 is 0 Å². The summed E-state index contributed by atoms with van der Waals surface area (Å²) in [5.41, 5.74) is 1.02. The average Bonchev–Trinajstić information content (AvgIpc) is 3.35. The van der Waals surface area contributed by atoms with Crippen molar-refractivity contribution in [2.24, 2.45) is 0 Å². The molecule has 0 bridgehead atoms. The Kier molecular flexibility index (Phi) is 5.59. The summed E-state index contributed by atoms with van der Waals surface area (Å²) in [6.45, 7) is 4.92. The number of hydrogen-bond donors (Lipinski definition) is 1. The van der Waals surface area contributed by atoms with Crippen LogP contribution in [0.15, 0.2) is 41.4 Å². The zero-order chi connectivity index (χ0) is 17.2. The van der Waals surface area contributed by atoms with Gasteiger partial charge in [0, 0.05) is 5.03 Å². The summed E-state index contributed by atoms with van der Waals surface area (Å²) in [7, 11) is 0. The zero-order valence-electron chi connectivity index (χ0n) is 13.9. The summed E-state index contributed by atoms with van der Waals surface area (Å²) in [5.74, 6) is -0.706. The molecule has 0 aromatic heterocycles. The highest BCUT2D eigenvalue weighted by molar-refractivity contribution is 6.30. The number of aliphatic hydroxyl groups excluding tert-OH is 1. The van der Waals surface area contributed by atoms with Gasteiger partial charge in [0.1, 0.15) is 24.4 Å². The van der Waals surface area contributed by atoms with Crippen LogP contribution in [0.1, 0.15) is 19.4 Å². The fraction of sp³-hybridized carbons (Fsp3) is 0.556. The van der Waals surface area contributed by atoms with Crippen molar-refractivity contribution < 1.29 is 24.1 Å². The molecule has 0 aliphatic carbocycles. The minimum Gasteiger partial charge on any atom is -0.387 e. The monoisotopic (exact) mass is 354 g/mol. The molecule has 1 N–H and O–H groups in total. The van der Waals surface area contributed by atoms with Gasteiger partial charge < -0.3 is 24.1 Å². The topological polar surface area (TPSA) is 60.5 Å². The number of halogens is 1. The normalized spacial score (nSPS) is 28.6. The van der Waals surface area contributed by atoms with Crippen LogP contribution in [0.3, 0.4) is 0 Å². The predicted octanol–water partition coefficient (Wildman–Crippen LogP) is 2.61. The summed E-state index contributed by atoms with van der Waals surface area (Å²) in [6, 6.07) is 9.78. The quantitative estimate of drug-likeness (QED) is 0.763. The van der Waals surface area contributed by atoms with Crippen LogP contribution in [0.25, 0.3) is 0 Å². The van der Waals surface area contributed by atoms with E-state index in [1.54, 1.807) is 6.08 Å². The molecule has 2 fully saturated rings. The van der Waals surface area contributed by atoms with E-state index >= 15 is 0 Å². The van der Waals surface area contributed by atoms with E-state index in [0.29, 0.717) is 24.9 Å². The molecule has 0 saturated carbocycles. The first kappa shape index (κ1) is 17.9. The minimum absolute atomic E-state index is 0.0844. The number of aliphatic hydroxyl groups is 1. The first-order chi connectivity index (χ1) is 11.4. The molecule has 132 valence electrons. The zero-order valence-corrected chi connectivity index (χ0v) is 14.6. The van der Waals surface area contributed by atoms with Gasteiger partial charge in [0.15, 0.2) is 5.79 Å². The van der Waals surface area contributed by atoms with E-state index in [9.17, 15) is 5.11 Å². The Labute approximate surface area is 147 Å². The lowest BCUT2D eigenvalue weighted by molar-refractivity contribution is -0.161. The van der Waals surface area contributed by atoms with Crippen molar-refractivity contribution in [3.63, 3.8) is 0 Å². The third-order valence-electron chi connectivity index (χ3n) is 4.00. The molecular weight excluding hydrogens is 332 g/mol. The lowest BCUT2D eigenvalue weighted by Gasteiger charge is -2.26. The van der Waals surface area contributed by atoms with Gasteiger partial charge in [-0.25, -0.2) is 0 Å². The molecule has 2 heterocycles. The Morgan fingerprint density at radius 2 is 2.08 bits per heavy atom. The summed E-state index contributed by atoms with van der Waals surface area (Å²) in [4.78, 5) is 0. The molecule has 2 aliphatic heterocycles. The van der Waals surface area contributed by atoms with Crippen LogP contribution in [0.5, 0.6) is 0 Å². The first-order valence-corrected chi connectivity index (χ1v) is 8.46. The summed E-state index contributed by atoms with van der Waals surface area (Å²) in [6.07, 6.45) is -0.338. The smallest absolute Gasteiger partial charge is 0.163 e. The summed E-state index contributed by atoms with van der Waals surface area (Å²) < 4.78 is 22.4. The van der Waals surface area contributed by atoms with Gasteiger partial charge in [-0.1, -0.05) is 41.9 Å². The Balaban J connectivity index is 1.68. The molecule has 4 atom stereocenters. The van der Waals surface area contributed by atoms with Crippen molar-refractivity contribution >= 4 is 11.6 Å². The van der Waals surface area contributed by atoms with E-state index in [0.717, 1.165) is 5.56 Å². The van der Waals surface area contributed by atoms with Crippen LogP contribution < -0.4 is 0 Å². The lowest BCUT2D eigenvalue weighted by Crippen LogP contribution is -2.40. The molecular formula is C18H23ClO5. The molecule has 0 radical (unpaired) electrons. The largest absolute Gasteiger partial charge is 0.387 e. The maximum absolute atomic E-state index is 10.7. The molecule has 5 nitrogen and oxygen atoms in total. The van der Waals surface area contributed by atoms with Crippen molar-refractivity contribution in [2.75, 3.05) is 13.2 Å². The third-order valence-corrected chi connectivity index (χ3v) is 4.37. The Morgan fingerprint density at radius 1 is 1.38 bits per heavy atom. The number of epoxide rings is 1. The van der Waals surface area contributed by atoms with E-state index in [4.69, 9.17) is 30.5 Å². The summed E-state index contributed by atoms with van der Waals surface area (Å²) in [5, 5.41) is 11.2. The van der Waals surface area contributed by atoms with Gasteiger partial charge in [0.2, 0.25) is 0 Å². The molecule has 1 unspecified atom stereocenters. The molecule has 24 heavy (non-hydrogen) atoms. The van der Waals surface area contributed by atoms with Gasteiger partial charge in [-0.15, -0.1) is 0 Å². The summed E-state index contributed by atoms with van der Waals surface area (Å²) >= 11 is 6.23. The Morgan fingerprint density at radius 3 is 2.67 bits per heavy atom. The van der Waals surface area contributed by atoms with Crippen LogP contribution in [0, 0.1) is 0 Å². The number of rotatable bonds is 7. The van der Waals surface area contributed by atoms with Crippen LogP contribution >= 0.6 is 11.6 Å². The molecule has 6 heteroatoms. The highest BCUT2D eigenvalue weighted by Gasteiger charge is 2.40. The molecule has 0 amide bonds. The third kappa shape index (κ3) is 4.79. The first-order valence-electron chi connectivity index (χ1n) is 8.09. The van der Waals surface area contributed by atoms with Crippen LogP contribution in [0.2, 0.25) is 0 Å².